The van der Waals surface area contributed by atoms with E-state index in [1.54, 1.807) is 0 Å². The number of sulfonamides is 1. The number of hydrogen-bond acceptors (Lipinski definition) is 4. The van der Waals surface area contributed by atoms with E-state index >= 15 is 0 Å². The van der Waals surface area contributed by atoms with Crippen LogP contribution in [-0.2, 0) is 21.4 Å². The Morgan fingerprint density at radius 3 is 2.60 bits per heavy atom. The minimum absolute atomic E-state index is 0.0443. The zero-order valence-electron chi connectivity index (χ0n) is 10.9. The lowest BCUT2D eigenvalue weighted by Crippen LogP contribution is -2.27. The van der Waals surface area contributed by atoms with Crippen molar-refractivity contribution in [2.24, 2.45) is 11.5 Å². The summed E-state index contributed by atoms with van der Waals surface area (Å²) in [6.45, 7) is -0.0548. The molecule has 0 aliphatic heterocycles. The fourth-order valence-electron chi connectivity index (χ4n) is 1.70. The quantitative estimate of drug-likeness (QED) is 0.596. The number of nitrogens with one attached hydrogen (secondary N) is 1. The SMILES string of the molecule is NCc1c(F)cccc1S(=O)(=O)NCCCCC(N)=O. The van der Waals surface area contributed by atoms with Crippen molar-refractivity contribution >= 4 is 15.9 Å². The molecule has 1 amide bonds. The molecule has 6 nitrogen and oxygen atoms in total. The van der Waals surface area contributed by atoms with Gasteiger partial charge in [-0.1, -0.05) is 6.07 Å². The fourth-order valence-corrected chi connectivity index (χ4v) is 3.03. The molecule has 1 aromatic carbocycles. The zero-order valence-corrected chi connectivity index (χ0v) is 11.7. The Morgan fingerprint density at radius 1 is 1.30 bits per heavy atom. The molecule has 5 N–H and O–H groups in total. The van der Waals surface area contributed by atoms with Crippen molar-refractivity contribution in [2.45, 2.75) is 30.7 Å². The monoisotopic (exact) mass is 303 g/mol. The highest BCUT2D eigenvalue weighted by Crippen LogP contribution is 2.18. The van der Waals surface area contributed by atoms with Crippen molar-refractivity contribution in [2.75, 3.05) is 6.54 Å². The number of nitrogens with two attached hydrogens (primary N) is 2. The Kier molecular flexibility index (Phi) is 6.05. The molecular weight excluding hydrogens is 285 g/mol. The Bertz CT molecular complexity index is 575. The predicted octanol–water partition coefficient (Wildman–Crippen LogP) is 0.218. The molecule has 0 fully saturated rings. The summed E-state index contributed by atoms with van der Waals surface area (Å²) in [6, 6.07) is 3.78. The molecule has 0 aliphatic rings. The van der Waals surface area contributed by atoms with Crippen molar-refractivity contribution in [1.82, 2.24) is 4.72 Å². The Balaban J connectivity index is 2.70. The van der Waals surface area contributed by atoms with Gasteiger partial charge in [-0.25, -0.2) is 17.5 Å². The number of unbranched alkanes of at least 4 members (excludes halogenated alkanes) is 1. The Labute approximate surface area is 117 Å². The maximum atomic E-state index is 13.5. The van der Waals surface area contributed by atoms with E-state index < -0.39 is 21.7 Å². The van der Waals surface area contributed by atoms with Crippen LogP contribution in [0.15, 0.2) is 23.1 Å². The number of rotatable bonds is 8. The number of carbonyl (C=O) groups excluding carboxylic acids is 1. The van der Waals surface area contributed by atoms with Gasteiger partial charge < -0.3 is 11.5 Å². The highest BCUT2D eigenvalue weighted by molar-refractivity contribution is 7.89. The second-order valence-corrected chi connectivity index (χ2v) is 5.98. The van der Waals surface area contributed by atoms with Gasteiger partial charge in [-0.2, -0.15) is 0 Å². The first kappa shape index (κ1) is 16.5. The van der Waals surface area contributed by atoms with Crippen molar-refractivity contribution < 1.29 is 17.6 Å². The number of primary amides is 1. The van der Waals surface area contributed by atoms with Gasteiger partial charge in [-0.3, -0.25) is 4.79 Å². The number of halogens is 1. The minimum atomic E-state index is -3.81. The molecule has 1 aromatic rings. The Morgan fingerprint density at radius 2 is 2.00 bits per heavy atom. The van der Waals surface area contributed by atoms with Crippen molar-refractivity contribution in [3.05, 3.63) is 29.6 Å². The van der Waals surface area contributed by atoms with Crippen LogP contribution in [0.25, 0.3) is 0 Å². The summed E-state index contributed by atoms with van der Waals surface area (Å²) in [5, 5.41) is 0. The van der Waals surface area contributed by atoms with Gasteiger partial charge in [0.2, 0.25) is 15.9 Å². The van der Waals surface area contributed by atoms with E-state index in [-0.39, 0.29) is 30.0 Å². The van der Waals surface area contributed by atoms with Gasteiger partial charge in [-0.15, -0.1) is 0 Å². The molecule has 0 spiro atoms. The highest BCUT2D eigenvalue weighted by Gasteiger charge is 2.19. The molecule has 0 aromatic heterocycles. The summed E-state index contributed by atoms with van der Waals surface area (Å²) >= 11 is 0. The largest absolute Gasteiger partial charge is 0.370 e. The lowest BCUT2D eigenvalue weighted by Gasteiger charge is -2.11. The molecule has 0 saturated heterocycles. The number of hydrogen-bond donors (Lipinski definition) is 3. The van der Waals surface area contributed by atoms with Crippen LogP contribution in [0.5, 0.6) is 0 Å². The van der Waals surface area contributed by atoms with E-state index in [4.69, 9.17) is 11.5 Å². The second kappa shape index (κ2) is 7.32. The summed E-state index contributed by atoms with van der Waals surface area (Å²) in [5.74, 6) is -1.08. The molecule has 0 radical (unpaired) electrons. The first-order chi connectivity index (χ1) is 9.38. The molecule has 112 valence electrons. The lowest BCUT2D eigenvalue weighted by atomic mass is 10.2. The normalized spacial score (nSPS) is 11.5. The van der Waals surface area contributed by atoms with Crippen molar-refractivity contribution in [3.8, 4) is 0 Å². The molecule has 1 rings (SSSR count). The summed E-state index contributed by atoms with van der Waals surface area (Å²) in [7, 11) is -3.81. The van der Waals surface area contributed by atoms with Crippen LogP contribution in [0.2, 0.25) is 0 Å². The number of amides is 1. The molecular formula is C12H18FN3O3S. The average molecular weight is 303 g/mol. The standard InChI is InChI=1S/C12H18FN3O3S/c13-10-4-3-5-11(9(10)8-14)20(18,19)16-7-2-1-6-12(15)17/h3-5,16H,1-2,6-8,14H2,(H2,15,17). The third kappa shape index (κ3) is 4.55. The lowest BCUT2D eigenvalue weighted by molar-refractivity contribution is -0.118. The number of carbonyl (C=O) groups is 1. The van der Waals surface area contributed by atoms with Crippen LogP contribution < -0.4 is 16.2 Å². The fraction of sp³-hybridized carbons (Fsp3) is 0.417. The van der Waals surface area contributed by atoms with Crippen LogP contribution in [0.1, 0.15) is 24.8 Å². The first-order valence-electron chi connectivity index (χ1n) is 6.14. The molecule has 20 heavy (non-hydrogen) atoms. The van der Waals surface area contributed by atoms with Gasteiger partial charge >= 0.3 is 0 Å². The topological polar surface area (TPSA) is 115 Å². The average Bonchev–Trinajstić information content (AvgIpc) is 2.37. The maximum Gasteiger partial charge on any atom is 0.240 e. The van der Waals surface area contributed by atoms with E-state index in [0.717, 1.165) is 6.07 Å². The van der Waals surface area contributed by atoms with E-state index in [0.29, 0.717) is 12.8 Å². The van der Waals surface area contributed by atoms with Gasteiger partial charge in [0.25, 0.3) is 0 Å². The molecule has 0 heterocycles. The second-order valence-electron chi connectivity index (χ2n) is 4.24. The third-order valence-corrected chi connectivity index (χ3v) is 4.26. The summed E-state index contributed by atoms with van der Waals surface area (Å²) in [5.41, 5.74) is 10.3. The molecule has 0 aliphatic carbocycles. The summed E-state index contributed by atoms with van der Waals surface area (Å²) in [6.07, 6.45) is 1.16. The van der Waals surface area contributed by atoms with Gasteiger partial charge in [-0.05, 0) is 25.0 Å². The minimum Gasteiger partial charge on any atom is -0.370 e. The van der Waals surface area contributed by atoms with Gasteiger partial charge in [0, 0.05) is 25.1 Å². The van der Waals surface area contributed by atoms with Gasteiger partial charge in [0.1, 0.15) is 5.82 Å². The van der Waals surface area contributed by atoms with Crippen LogP contribution >= 0.6 is 0 Å². The van der Waals surface area contributed by atoms with Crippen molar-refractivity contribution in [1.29, 1.82) is 0 Å². The van der Waals surface area contributed by atoms with Crippen LogP contribution in [0, 0.1) is 5.82 Å². The molecule has 0 atom stereocenters. The van der Waals surface area contributed by atoms with Crippen LogP contribution in [0.4, 0.5) is 4.39 Å². The van der Waals surface area contributed by atoms with E-state index in [9.17, 15) is 17.6 Å². The van der Waals surface area contributed by atoms with Crippen molar-refractivity contribution in [3.63, 3.8) is 0 Å². The van der Waals surface area contributed by atoms with Gasteiger partial charge in [0.05, 0.1) is 4.90 Å². The first-order valence-corrected chi connectivity index (χ1v) is 7.62. The summed E-state index contributed by atoms with van der Waals surface area (Å²) < 4.78 is 39.9. The molecule has 0 unspecified atom stereocenters. The van der Waals surface area contributed by atoms with Gasteiger partial charge in [0.15, 0.2) is 0 Å². The third-order valence-electron chi connectivity index (χ3n) is 2.71. The number of benzene rings is 1. The molecule has 0 saturated carbocycles. The van der Waals surface area contributed by atoms with Crippen LogP contribution in [0.3, 0.4) is 0 Å². The smallest absolute Gasteiger partial charge is 0.240 e. The van der Waals surface area contributed by atoms with E-state index in [1.807, 2.05) is 0 Å². The predicted molar refractivity (Wildman–Crippen MR) is 72.5 cm³/mol. The maximum absolute atomic E-state index is 13.5. The zero-order chi connectivity index (χ0) is 15.2. The molecule has 8 heteroatoms. The summed E-state index contributed by atoms with van der Waals surface area (Å²) in [4.78, 5) is 10.4. The molecule has 0 bridgehead atoms. The Hall–Kier alpha value is -1.51. The highest BCUT2D eigenvalue weighted by atomic mass is 32.2. The van der Waals surface area contributed by atoms with E-state index in [1.165, 1.54) is 12.1 Å². The van der Waals surface area contributed by atoms with E-state index in [2.05, 4.69) is 4.72 Å². The van der Waals surface area contributed by atoms with Crippen LogP contribution in [-0.4, -0.2) is 20.9 Å².